The summed E-state index contributed by atoms with van der Waals surface area (Å²) < 4.78 is 11.2. The Hall–Kier alpha value is -0.900. The fourth-order valence-electron chi connectivity index (χ4n) is 2.86. The van der Waals surface area contributed by atoms with Crippen LogP contribution in [0.4, 0.5) is 0 Å². The molecule has 1 aliphatic carbocycles. The van der Waals surface area contributed by atoms with Crippen LogP contribution in [0, 0.1) is 0 Å². The third-order valence-corrected chi connectivity index (χ3v) is 4.10. The minimum absolute atomic E-state index is 0.0777. The molecule has 18 heavy (non-hydrogen) atoms. The topological polar surface area (TPSA) is 38.7 Å². The van der Waals surface area contributed by atoms with E-state index in [1.54, 1.807) is 14.2 Å². The van der Waals surface area contributed by atoms with Gasteiger partial charge in [0.15, 0.2) is 0 Å². The van der Waals surface area contributed by atoms with Gasteiger partial charge in [-0.2, -0.15) is 0 Å². The summed E-state index contributed by atoms with van der Waals surface area (Å²) in [5, 5.41) is 9.24. The van der Waals surface area contributed by atoms with Crippen molar-refractivity contribution in [3.05, 3.63) is 35.4 Å². The maximum atomic E-state index is 9.24. The lowest BCUT2D eigenvalue weighted by Gasteiger charge is -2.39. The predicted molar refractivity (Wildman–Crippen MR) is 70.3 cm³/mol. The zero-order valence-corrected chi connectivity index (χ0v) is 11.2. The van der Waals surface area contributed by atoms with Crippen molar-refractivity contribution in [1.29, 1.82) is 0 Å². The van der Waals surface area contributed by atoms with Crippen LogP contribution in [0.5, 0.6) is 0 Å². The Kier molecular flexibility index (Phi) is 4.38. The summed E-state index contributed by atoms with van der Waals surface area (Å²) in [5.41, 5.74) is 1.91. The van der Waals surface area contributed by atoms with Crippen LogP contribution in [0.2, 0.25) is 0 Å². The number of rotatable bonds is 4. The minimum atomic E-state index is -0.208. The average Bonchev–Trinajstić information content (AvgIpc) is 2.47. The second-order valence-corrected chi connectivity index (χ2v) is 4.99. The molecule has 3 nitrogen and oxygen atoms in total. The van der Waals surface area contributed by atoms with Gasteiger partial charge in [-0.05, 0) is 36.8 Å². The Morgan fingerprint density at radius 1 is 1.28 bits per heavy atom. The Bertz CT molecular complexity index is 381. The van der Waals surface area contributed by atoms with Crippen LogP contribution in [0.3, 0.4) is 0 Å². The molecule has 0 aliphatic heterocycles. The molecule has 100 valence electrons. The Morgan fingerprint density at radius 2 is 2.00 bits per heavy atom. The molecular weight excluding hydrogens is 228 g/mol. The van der Waals surface area contributed by atoms with Crippen molar-refractivity contribution in [2.24, 2.45) is 0 Å². The highest BCUT2D eigenvalue weighted by Crippen LogP contribution is 2.40. The van der Waals surface area contributed by atoms with E-state index in [-0.39, 0.29) is 12.2 Å². The molecule has 1 N–H and O–H groups in total. The summed E-state index contributed by atoms with van der Waals surface area (Å²) in [6, 6.07) is 8.07. The number of methoxy groups -OCH3 is 2. The molecule has 0 unspecified atom stereocenters. The highest BCUT2D eigenvalue weighted by atomic mass is 16.5. The first-order valence-electron chi connectivity index (χ1n) is 6.52. The molecule has 0 atom stereocenters. The van der Waals surface area contributed by atoms with Crippen molar-refractivity contribution in [3.63, 3.8) is 0 Å². The molecule has 1 aromatic carbocycles. The van der Waals surface area contributed by atoms with Gasteiger partial charge in [-0.3, -0.25) is 0 Å². The fraction of sp³-hybridized carbons (Fsp3) is 0.600. The van der Waals surface area contributed by atoms with Crippen LogP contribution >= 0.6 is 0 Å². The van der Waals surface area contributed by atoms with Crippen molar-refractivity contribution in [3.8, 4) is 0 Å². The maximum absolute atomic E-state index is 9.24. The van der Waals surface area contributed by atoms with E-state index in [1.165, 1.54) is 5.56 Å². The van der Waals surface area contributed by atoms with E-state index in [2.05, 4.69) is 12.1 Å². The SMILES string of the molecule is COC1CCC(OC)(c2cccc(CO)c2)CC1. The van der Waals surface area contributed by atoms with Crippen molar-refractivity contribution >= 4 is 0 Å². The van der Waals surface area contributed by atoms with Gasteiger partial charge < -0.3 is 14.6 Å². The van der Waals surface area contributed by atoms with E-state index in [0.29, 0.717) is 6.10 Å². The Labute approximate surface area is 109 Å². The zero-order chi connectivity index (χ0) is 13.0. The molecule has 1 saturated carbocycles. The first-order chi connectivity index (χ1) is 8.74. The third kappa shape index (κ3) is 2.58. The second-order valence-electron chi connectivity index (χ2n) is 4.99. The molecule has 2 rings (SSSR count). The number of aliphatic hydroxyl groups is 1. The van der Waals surface area contributed by atoms with Crippen LogP contribution in [0.1, 0.15) is 36.8 Å². The molecule has 0 amide bonds. The number of hydrogen-bond donors (Lipinski definition) is 1. The predicted octanol–water partition coefficient (Wildman–Crippen LogP) is 2.61. The minimum Gasteiger partial charge on any atom is -0.392 e. The number of ether oxygens (including phenoxy) is 2. The van der Waals surface area contributed by atoms with Crippen LogP contribution < -0.4 is 0 Å². The summed E-state index contributed by atoms with van der Waals surface area (Å²) in [6.45, 7) is 0.0777. The number of hydrogen-bond acceptors (Lipinski definition) is 3. The van der Waals surface area contributed by atoms with E-state index >= 15 is 0 Å². The van der Waals surface area contributed by atoms with Crippen LogP contribution in [0.25, 0.3) is 0 Å². The number of benzene rings is 1. The molecular formula is C15H22O3. The lowest BCUT2D eigenvalue weighted by molar-refractivity contribution is -0.0762. The van der Waals surface area contributed by atoms with Gasteiger partial charge in [0.2, 0.25) is 0 Å². The molecule has 3 heteroatoms. The summed E-state index contributed by atoms with van der Waals surface area (Å²) in [7, 11) is 3.55. The van der Waals surface area contributed by atoms with E-state index in [0.717, 1.165) is 31.2 Å². The molecule has 0 aromatic heterocycles. The highest BCUT2D eigenvalue weighted by Gasteiger charge is 2.37. The molecule has 1 aliphatic rings. The average molecular weight is 250 g/mol. The number of aliphatic hydroxyl groups excluding tert-OH is 1. The van der Waals surface area contributed by atoms with Gasteiger partial charge in [0.1, 0.15) is 0 Å². The molecule has 1 fully saturated rings. The summed E-state index contributed by atoms with van der Waals surface area (Å²) in [6.07, 6.45) is 4.34. The standard InChI is InChI=1S/C15H22O3/c1-17-14-6-8-15(18-2,9-7-14)13-5-3-4-12(10-13)11-16/h3-5,10,14,16H,6-9,11H2,1-2H3. The summed E-state index contributed by atoms with van der Waals surface area (Å²) in [4.78, 5) is 0. The lowest BCUT2D eigenvalue weighted by Crippen LogP contribution is -2.36. The van der Waals surface area contributed by atoms with Gasteiger partial charge in [0.25, 0.3) is 0 Å². The monoisotopic (exact) mass is 250 g/mol. The van der Waals surface area contributed by atoms with Gasteiger partial charge in [-0.25, -0.2) is 0 Å². The van der Waals surface area contributed by atoms with E-state index in [9.17, 15) is 5.11 Å². The van der Waals surface area contributed by atoms with E-state index < -0.39 is 0 Å². The van der Waals surface area contributed by atoms with Crippen LogP contribution in [0.15, 0.2) is 24.3 Å². The molecule has 0 saturated heterocycles. The van der Waals surface area contributed by atoms with Gasteiger partial charge in [-0.1, -0.05) is 24.3 Å². The lowest BCUT2D eigenvalue weighted by atomic mass is 9.78. The second kappa shape index (κ2) is 5.83. The fourth-order valence-corrected chi connectivity index (χ4v) is 2.86. The van der Waals surface area contributed by atoms with E-state index in [1.807, 2.05) is 12.1 Å². The smallest absolute Gasteiger partial charge is 0.0929 e. The molecule has 0 radical (unpaired) electrons. The van der Waals surface area contributed by atoms with Crippen molar-refractivity contribution in [1.82, 2.24) is 0 Å². The molecule has 0 spiro atoms. The molecule has 1 aromatic rings. The third-order valence-electron chi connectivity index (χ3n) is 4.10. The summed E-state index contributed by atoms with van der Waals surface area (Å²) in [5.74, 6) is 0. The maximum Gasteiger partial charge on any atom is 0.0929 e. The van der Waals surface area contributed by atoms with E-state index in [4.69, 9.17) is 9.47 Å². The zero-order valence-electron chi connectivity index (χ0n) is 11.2. The highest BCUT2D eigenvalue weighted by molar-refractivity contribution is 5.28. The first kappa shape index (κ1) is 13.5. The normalized spacial score (nSPS) is 28.3. The van der Waals surface area contributed by atoms with Crippen LogP contribution in [-0.4, -0.2) is 25.4 Å². The first-order valence-corrected chi connectivity index (χ1v) is 6.52. The largest absolute Gasteiger partial charge is 0.392 e. The van der Waals surface area contributed by atoms with Crippen LogP contribution in [-0.2, 0) is 21.7 Å². The van der Waals surface area contributed by atoms with Crippen molar-refractivity contribution in [2.75, 3.05) is 14.2 Å². The summed E-state index contributed by atoms with van der Waals surface area (Å²) >= 11 is 0. The van der Waals surface area contributed by atoms with Gasteiger partial charge >= 0.3 is 0 Å². The Morgan fingerprint density at radius 3 is 2.56 bits per heavy atom. The van der Waals surface area contributed by atoms with Crippen molar-refractivity contribution < 1.29 is 14.6 Å². The van der Waals surface area contributed by atoms with Gasteiger partial charge in [-0.15, -0.1) is 0 Å². The van der Waals surface area contributed by atoms with Gasteiger partial charge in [0.05, 0.1) is 18.3 Å². The molecule has 0 bridgehead atoms. The van der Waals surface area contributed by atoms with Crippen molar-refractivity contribution in [2.45, 2.75) is 44.0 Å². The molecule has 0 heterocycles. The quantitative estimate of drug-likeness (QED) is 0.892. The van der Waals surface area contributed by atoms with Gasteiger partial charge in [0, 0.05) is 14.2 Å². The Balaban J connectivity index is 2.21.